The molecular formula is C15H14N4O2S. The number of rotatable bonds is 4. The Kier molecular flexibility index (Phi) is 3.72. The molecule has 1 aliphatic rings. The summed E-state index contributed by atoms with van der Waals surface area (Å²) in [6.45, 7) is 3.91. The van der Waals surface area contributed by atoms with Gasteiger partial charge in [-0.15, -0.1) is 6.58 Å². The minimum atomic E-state index is -0.640. The maximum Gasteiger partial charge on any atom is 0.257 e. The molecule has 0 unspecified atom stereocenters. The van der Waals surface area contributed by atoms with Gasteiger partial charge < -0.3 is 10.6 Å². The third-order valence-electron chi connectivity index (χ3n) is 3.45. The molecule has 0 radical (unpaired) electrons. The number of amides is 1. The lowest BCUT2D eigenvalue weighted by Crippen LogP contribution is -2.33. The number of hydrogen-bond acceptors (Lipinski definition) is 5. The van der Waals surface area contributed by atoms with Gasteiger partial charge in [0.2, 0.25) is 10.7 Å². The molecule has 1 aromatic heterocycles. The minimum absolute atomic E-state index is 0.0391. The third kappa shape index (κ3) is 2.39. The van der Waals surface area contributed by atoms with Crippen molar-refractivity contribution in [3.63, 3.8) is 0 Å². The van der Waals surface area contributed by atoms with Crippen LogP contribution in [0.15, 0.2) is 36.9 Å². The molecule has 6 nitrogen and oxygen atoms in total. The van der Waals surface area contributed by atoms with Gasteiger partial charge in [0, 0.05) is 11.9 Å². The summed E-state index contributed by atoms with van der Waals surface area (Å²) in [5.41, 5.74) is 0.718. The van der Waals surface area contributed by atoms with Gasteiger partial charge >= 0.3 is 0 Å². The molecule has 1 amide bonds. The van der Waals surface area contributed by atoms with Gasteiger partial charge in [0.1, 0.15) is 11.9 Å². The highest BCUT2D eigenvalue weighted by Gasteiger charge is 2.33. The fraction of sp³-hybridized carbons (Fsp3) is 0.200. The van der Waals surface area contributed by atoms with Gasteiger partial charge in [-0.3, -0.25) is 9.59 Å². The largest absolute Gasteiger partial charge is 0.358 e. The standard InChI is InChI=1S/C15H14N4O2S/c1-2-7-16-12(20)8-11-14(21)19-13(17-11)9-5-3-4-6-10(9)18-15(19)22/h2-6,11,17H,1,7-8H2,(H,16,20)/t11-/m0/s1. The van der Waals surface area contributed by atoms with Crippen LogP contribution < -0.4 is 10.6 Å². The van der Waals surface area contributed by atoms with Gasteiger partial charge in [-0.2, -0.15) is 0 Å². The van der Waals surface area contributed by atoms with Crippen LogP contribution in [-0.2, 0) is 4.79 Å². The average Bonchev–Trinajstić information content (AvgIpc) is 2.83. The number of para-hydroxylation sites is 1. The summed E-state index contributed by atoms with van der Waals surface area (Å²) >= 11 is 5.20. The zero-order valence-corrected chi connectivity index (χ0v) is 12.5. The van der Waals surface area contributed by atoms with E-state index < -0.39 is 6.04 Å². The minimum Gasteiger partial charge on any atom is -0.358 e. The summed E-state index contributed by atoms with van der Waals surface area (Å²) < 4.78 is 1.56. The maximum absolute atomic E-state index is 12.5. The van der Waals surface area contributed by atoms with E-state index in [0.717, 1.165) is 10.9 Å². The second-order valence-corrected chi connectivity index (χ2v) is 5.29. The Balaban J connectivity index is 1.95. The zero-order valence-electron chi connectivity index (χ0n) is 11.7. The first-order valence-corrected chi connectivity index (χ1v) is 7.23. The summed E-state index contributed by atoms with van der Waals surface area (Å²) in [5, 5.41) is 6.56. The van der Waals surface area contributed by atoms with Gasteiger partial charge in [0.25, 0.3) is 5.91 Å². The first-order valence-electron chi connectivity index (χ1n) is 6.82. The molecule has 0 bridgehead atoms. The Morgan fingerprint density at radius 1 is 1.50 bits per heavy atom. The van der Waals surface area contributed by atoms with E-state index in [0.29, 0.717) is 12.4 Å². The highest BCUT2D eigenvalue weighted by molar-refractivity contribution is 7.71. The van der Waals surface area contributed by atoms with Crippen molar-refractivity contribution < 1.29 is 9.59 Å². The van der Waals surface area contributed by atoms with E-state index in [2.05, 4.69) is 22.2 Å². The molecule has 2 N–H and O–H groups in total. The molecule has 2 heterocycles. The predicted octanol–water partition coefficient (Wildman–Crippen LogP) is 1.89. The molecule has 0 saturated carbocycles. The van der Waals surface area contributed by atoms with Crippen LogP contribution in [0.2, 0.25) is 0 Å². The second kappa shape index (κ2) is 5.69. The summed E-state index contributed by atoms with van der Waals surface area (Å²) in [5.74, 6) is 0.122. The van der Waals surface area contributed by atoms with Crippen molar-refractivity contribution in [2.45, 2.75) is 12.5 Å². The Morgan fingerprint density at radius 2 is 2.27 bits per heavy atom. The van der Waals surface area contributed by atoms with Crippen LogP contribution in [0.25, 0.3) is 10.9 Å². The van der Waals surface area contributed by atoms with E-state index in [4.69, 9.17) is 12.2 Å². The van der Waals surface area contributed by atoms with Gasteiger partial charge in [-0.05, 0) is 24.4 Å². The van der Waals surface area contributed by atoms with Crippen molar-refractivity contribution in [3.05, 3.63) is 41.7 Å². The molecule has 1 aromatic carbocycles. The molecule has 3 rings (SSSR count). The van der Waals surface area contributed by atoms with Crippen molar-refractivity contribution in [2.24, 2.45) is 0 Å². The first-order chi connectivity index (χ1) is 10.6. The van der Waals surface area contributed by atoms with E-state index in [-0.39, 0.29) is 23.0 Å². The Hall–Kier alpha value is -2.54. The SMILES string of the molecule is C=CCNC(=O)C[C@@H]1Nc2c3ccccc3nc(=S)n2C1=O. The highest BCUT2D eigenvalue weighted by atomic mass is 32.1. The number of fused-ring (bicyclic) bond motifs is 3. The molecule has 0 spiro atoms. The van der Waals surface area contributed by atoms with E-state index >= 15 is 0 Å². The summed E-state index contributed by atoms with van der Waals surface area (Å²) in [4.78, 5) is 28.5. The number of nitrogens with zero attached hydrogens (tertiary/aromatic N) is 2. The van der Waals surface area contributed by atoms with Gasteiger partial charge in [0.15, 0.2) is 0 Å². The molecule has 1 atom stereocenters. The third-order valence-corrected chi connectivity index (χ3v) is 3.73. The lowest BCUT2D eigenvalue weighted by Gasteiger charge is -2.08. The number of carbonyl (C=O) groups is 2. The Morgan fingerprint density at radius 3 is 3.05 bits per heavy atom. The van der Waals surface area contributed by atoms with Gasteiger partial charge in [-0.1, -0.05) is 18.2 Å². The van der Waals surface area contributed by atoms with Crippen molar-refractivity contribution >= 4 is 40.8 Å². The molecule has 112 valence electrons. The lowest BCUT2D eigenvalue weighted by molar-refractivity contribution is -0.120. The molecule has 1 aliphatic heterocycles. The summed E-state index contributed by atoms with van der Waals surface area (Å²) in [6, 6.07) is 6.78. The van der Waals surface area contributed by atoms with E-state index in [1.807, 2.05) is 24.3 Å². The lowest BCUT2D eigenvalue weighted by atomic mass is 10.2. The summed E-state index contributed by atoms with van der Waals surface area (Å²) in [6.07, 6.45) is 1.63. The average molecular weight is 314 g/mol. The van der Waals surface area contributed by atoms with E-state index in [9.17, 15) is 9.59 Å². The predicted molar refractivity (Wildman–Crippen MR) is 86.4 cm³/mol. The highest BCUT2D eigenvalue weighted by Crippen LogP contribution is 2.28. The number of nitrogens with one attached hydrogen (secondary N) is 2. The van der Waals surface area contributed by atoms with Crippen LogP contribution in [-0.4, -0.2) is 34.0 Å². The van der Waals surface area contributed by atoms with Crippen molar-refractivity contribution in [3.8, 4) is 0 Å². The second-order valence-electron chi connectivity index (χ2n) is 4.93. The van der Waals surface area contributed by atoms with Crippen molar-refractivity contribution in [1.82, 2.24) is 14.9 Å². The van der Waals surface area contributed by atoms with Crippen LogP contribution in [0.5, 0.6) is 0 Å². The van der Waals surface area contributed by atoms with Crippen LogP contribution >= 0.6 is 12.2 Å². The number of benzene rings is 1. The monoisotopic (exact) mass is 314 g/mol. The van der Waals surface area contributed by atoms with Crippen LogP contribution in [0, 0.1) is 4.77 Å². The molecule has 7 heteroatoms. The van der Waals surface area contributed by atoms with Crippen LogP contribution in [0.1, 0.15) is 11.2 Å². The first kappa shape index (κ1) is 14.4. The molecule has 2 aromatic rings. The Bertz CT molecular complexity index is 843. The Labute approximate surface area is 131 Å². The van der Waals surface area contributed by atoms with Crippen molar-refractivity contribution in [1.29, 1.82) is 0 Å². The normalized spacial score (nSPS) is 16.2. The molecular weight excluding hydrogens is 300 g/mol. The van der Waals surface area contributed by atoms with E-state index in [1.165, 1.54) is 4.57 Å². The molecule has 0 saturated heterocycles. The van der Waals surface area contributed by atoms with Gasteiger partial charge in [-0.25, -0.2) is 9.55 Å². The number of hydrogen-bond donors (Lipinski definition) is 2. The molecule has 22 heavy (non-hydrogen) atoms. The number of anilines is 1. The van der Waals surface area contributed by atoms with Gasteiger partial charge in [0.05, 0.1) is 11.9 Å². The quantitative estimate of drug-likeness (QED) is 0.666. The fourth-order valence-electron chi connectivity index (χ4n) is 2.45. The zero-order chi connectivity index (χ0) is 15.7. The number of carbonyl (C=O) groups excluding carboxylic acids is 2. The summed E-state index contributed by atoms with van der Waals surface area (Å²) in [7, 11) is 0. The molecule has 0 aliphatic carbocycles. The molecule has 0 fully saturated rings. The van der Waals surface area contributed by atoms with E-state index in [1.54, 1.807) is 6.08 Å². The smallest absolute Gasteiger partial charge is 0.257 e. The fourth-order valence-corrected chi connectivity index (χ4v) is 2.73. The number of aromatic nitrogens is 2. The maximum atomic E-state index is 12.5. The van der Waals surface area contributed by atoms with Crippen LogP contribution in [0.4, 0.5) is 5.82 Å². The van der Waals surface area contributed by atoms with Crippen LogP contribution in [0.3, 0.4) is 0 Å². The topological polar surface area (TPSA) is 76.0 Å². The van der Waals surface area contributed by atoms with Crippen molar-refractivity contribution in [2.75, 3.05) is 11.9 Å².